The number of nitrogens with one attached hydrogen (secondary N) is 1. The molecule has 1 atom stereocenters. The Morgan fingerprint density at radius 3 is 2.47 bits per heavy atom. The van der Waals surface area contributed by atoms with Gasteiger partial charge in [0.05, 0.1) is 4.47 Å². The first-order valence-corrected chi connectivity index (χ1v) is 7.52. The zero-order valence-corrected chi connectivity index (χ0v) is 13.7. The molecule has 0 aliphatic rings. The first-order chi connectivity index (χ1) is 8.77. The van der Waals surface area contributed by atoms with Crippen LogP contribution in [0.4, 0.5) is 8.78 Å². The Morgan fingerprint density at radius 2 is 1.95 bits per heavy atom. The summed E-state index contributed by atoms with van der Waals surface area (Å²) in [5, 5.41) is 3.20. The lowest BCUT2D eigenvalue weighted by atomic mass is 9.85. The summed E-state index contributed by atoms with van der Waals surface area (Å²) in [7, 11) is 0. The first kappa shape index (κ1) is 16.9. The molecule has 0 radical (unpaired) electrons. The van der Waals surface area contributed by atoms with Gasteiger partial charge in [0.1, 0.15) is 11.6 Å². The largest absolute Gasteiger partial charge is 0.309 e. The summed E-state index contributed by atoms with van der Waals surface area (Å²) in [6.45, 7) is 6.37. The minimum atomic E-state index is -0.550. The molecule has 0 fully saturated rings. The van der Waals surface area contributed by atoms with E-state index in [1.54, 1.807) is 0 Å². The molecule has 1 N–H and O–H groups in total. The summed E-state index contributed by atoms with van der Waals surface area (Å²) >= 11 is 8.84. The molecule has 0 aliphatic heterocycles. The molecular weight excluding hydrogens is 336 g/mol. The van der Waals surface area contributed by atoms with Gasteiger partial charge in [-0.2, -0.15) is 0 Å². The highest BCUT2D eigenvalue weighted by Gasteiger charge is 2.24. The predicted molar refractivity (Wildman–Crippen MR) is 79.5 cm³/mol. The van der Waals surface area contributed by atoms with E-state index in [4.69, 9.17) is 11.6 Å². The molecule has 1 nitrogen and oxygen atoms in total. The molecule has 19 heavy (non-hydrogen) atoms. The quantitative estimate of drug-likeness (QED) is 0.588. The lowest BCUT2D eigenvalue weighted by Gasteiger charge is -2.31. The molecule has 1 aromatic rings. The second kappa shape index (κ2) is 7.00. The van der Waals surface area contributed by atoms with Gasteiger partial charge in [0.15, 0.2) is 0 Å². The summed E-state index contributed by atoms with van der Waals surface area (Å²) in [6.07, 6.45) is 0.752. The third-order valence-corrected chi connectivity index (χ3v) is 3.94. The lowest BCUT2D eigenvalue weighted by molar-refractivity contribution is 0.258. The Morgan fingerprint density at radius 1 is 1.32 bits per heavy atom. The van der Waals surface area contributed by atoms with Crippen LogP contribution in [-0.2, 0) is 6.54 Å². The SMILES string of the molecule is CC(C)(C)C(CCCl)NCc1c(F)ccc(Br)c1F. The van der Waals surface area contributed by atoms with Crippen LogP contribution in [0.1, 0.15) is 32.8 Å². The van der Waals surface area contributed by atoms with Crippen molar-refractivity contribution in [3.8, 4) is 0 Å². The van der Waals surface area contributed by atoms with Crippen molar-refractivity contribution in [1.29, 1.82) is 0 Å². The molecule has 108 valence electrons. The maximum atomic E-state index is 13.8. The standard InChI is InChI=1S/C14H19BrClF2N/c1-14(2,3)12(6-7-16)19-8-9-11(17)5-4-10(15)13(9)18/h4-5,12,19H,6-8H2,1-3H3. The molecule has 0 amide bonds. The molecule has 0 saturated carbocycles. The maximum absolute atomic E-state index is 13.8. The molecule has 0 aliphatic carbocycles. The molecule has 1 unspecified atom stereocenters. The summed E-state index contributed by atoms with van der Waals surface area (Å²) in [4.78, 5) is 0. The van der Waals surface area contributed by atoms with Gasteiger partial charge in [-0.25, -0.2) is 8.78 Å². The van der Waals surface area contributed by atoms with E-state index in [2.05, 4.69) is 42.0 Å². The highest BCUT2D eigenvalue weighted by molar-refractivity contribution is 9.10. The van der Waals surface area contributed by atoms with Crippen LogP contribution >= 0.6 is 27.5 Å². The Labute approximate surface area is 126 Å². The Bertz CT molecular complexity index is 432. The minimum absolute atomic E-state index is 0.0200. The van der Waals surface area contributed by atoms with Gasteiger partial charge in [0, 0.05) is 24.0 Å². The van der Waals surface area contributed by atoms with Gasteiger partial charge >= 0.3 is 0 Å². The fourth-order valence-corrected chi connectivity index (χ4v) is 2.50. The molecule has 1 rings (SSSR count). The van der Waals surface area contributed by atoms with E-state index in [0.717, 1.165) is 6.42 Å². The molecule has 0 aromatic heterocycles. The third kappa shape index (κ3) is 4.69. The van der Waals surface area contributed by atoms with Gasteiger partial charge in [-0.05, 0) is 39.9 Å². The van der Waals surface area contributed by atoms with Crippen molar-refractivity contribution in [2.45, 2.75) is 39.8 Å². The second-order valence-electron chi connectivity index (χ2n) is 5.60. The topological polar surface area (TPSA) is 12.0 Å². The summed E-state index contributed by atoms with van der Waals surface area (Å²) in [6, 6.07) is 2.73. The van der Waals surface area contributed by atoms with E-state index in [1.165, 1.54) is 12.1 Å². The number of hydrogen-bond acceptors (Lipinski definition) is 1. The molecule has 0 spiro atoms. The smallest absolute Gasteiger partial charge is 0.144 e. The van der Waals surface area contributed by atoms with Crippen LogP contribution in [-0.4, -0.2) is 11.9 Å². The average Bonchev–Trinajstić information content (AvgIpc) is 2.31. The highest BCUT2D eigenvalue weighted by Crippen LogP contribution is 2.25. The maximum Gasteiger partial charge on any atom is 0.144 e. The van der Waals surface area contributed by atoms with Crippen LogP contribution in [0.15, 0.2) is 16.6 Å². The fraction of sp³-hybridized carbons (Fsp3) is 0.571. The second-order valence-corrected chi connectivity index (χ2v) is 6.83. The molecule has 0 bridgehead atoms. The monoisotopic (exact) mass is 353 g/mol. The van der Waals surface area contributed by atoms with Gasteiger partial charge in [0.2, 0.25) is 0 Å². The Balaban J connectivity index is 2.83. The van der Waals surface area contributed by atoms with E-state index in [9.17, 15) is 8.78 Å². The minimum Gasteiger partial charge on any atom is -0.309 e. The van der Waals surface area contributed by atoms with Crippen molar-refractivity contribution in [2.24, 2.45) is 5.41 Å². The van der Waals surface area contributed by atoms with Crippen molar-refractivity contribution < 1.29 is 8.78 Å². The summed E-state index contributed by atoms with van der Waals surface area (Å²) in [5.74, 6) is -0.573. The zero-order chi connectivity index (χ0) is 14.6. The summed E-state index contributed by atoms with van der Waals surface area (Å²) < 4.78 is 27.8. The van der Waals surface area contributed by atoms with Crippen molar-refractivity contribution in [3.05, 3.63) is 33.8 Å². The number of hydrogen-bond donors (Lipinski definition) is 1. The highest BCUT2D eigenvalue weighted by atomic mass is 79.9. The Hall–Kier alpha value is -0.190. The van der Waals surface area contributed by atoms with E-state index < -0.39 is 11.6 Å². The van der Waals surface area contributed by atoms with Crippen LogP contribution in [0.25, 0.3) is 0 Å². The average molecular weight is 355 g/mol. The van der Waals surface area contributed by atoms with Crippen molar-refractivity contribution >= 4 is 27.5 Å². The van der Waals surface area contributed by atoms with Crippen LogP contribution in [0.5, 0.6) is 0 Å². The van der Waals surface area contributed by atoms with E-state index in [0.29, 0.717) is 5.88 Å². The van der Waals surface area contributed by atoms with Gasteiger partial charge in [0.25, 0.3) is 0 Å². The normalized spacial score (nSPS) is 13.6. The van der Waals surface area contributed by atoms with E-state index in [1.807, 2.05) is 0 Å². The van der Waals surface area contributed by atoms with Gasteiger partial charge in [-0.1, -0.05) is 20.8 Å². The van der Waals surface area contributed by atoms with Crippen LogP contribution in [0.2, 0.25) is 0 Å². The van der Waals surface area contributed by atoms with Crippen LogP contribution < -0.4 is 5.32 Å². The Kier molecular flexibility index (Phi) is 6.21. The van der Waals surface area contributed by atoms with Crippen molar-refractivity contribution in [3.63, 3.8) is 0 Å². The number of benzene rings is 1. The van der Waals surface area contributed by atoms with Crippen molar-refractivity contribution in [1.82, 2.24) is 5.32 Å². The molecule has 0 heterocycles. The van der Waals surface area contributed by atoms with Gasteiger partial charge in [-0.15, -0.1) is 11.6 Å². The predicted octanol–water partition coefficient (Wildman–Crippen LogP) is 4.86. The number of alkyl halides is 1. The molecule has 0 saturated heterocycles. The van der Waals surface area contributed by atoms with Gasteiger partial charge < -0.3 is 5.32 Å². The van der Waals surface area contributed by atoms with Gasteiger partial charge in [-0.3, -0.25) is 0 Å². The van der Waals surface area contributed by atoms with Crippen LogP contribution in [0, 0.1) is 17.0 Å². The molecule has 5 heteroatoms. The molecular formula is C14H19BrClF2N. The summed E-state index contributed by atoms with van der Waals surface area (Å²) in [5.41, 5.74) is 0.0339. The van der Waals surface area contributed by atoms with E-state index >= 15 is 0 Å². The van der Waals surface area contributed by atoms with Crippen molar-refractivity contribution in [2.75, 3.05) is 5.88 Å². The molecule has 1 aromatic carbocycles. The first-order valence-electron chi connectivity index (χ1n) is 6.19. The van der Waals surface area contributed by atoms with Crippen LogP contribution in [0.3, 0.4) is 0 Å². The zero-order valence-electron chi connectivity index (χ0n) is 11.4. The lowest BCUT2D eigenvalue weighted by Crippen LogP contribution is -2.40. The van der Waals surface area contributed by atoms with E-state index in [-0.39, 0.29) is 28.0 Å². The number of halogens is 4. The third-order valence-electron chi connectivity index (χ3n) is 3.11. The number of rotatable bonds is 5. The fourth-order valence-electron chi connectivity index (χ4n) is 1.91.